The fourth-order valence-corrected chi connectivity index (χ4v) is 10.2. The van der Waals surface area contributed by atoms with E-state index in [0.717, 1.165) is 4.88 Å². The average Bonchev–Trinajstić information content (AvgIpc) is 3.68. The Hall–Kier alpha value is -3.91. The zero-order chi connectivity index (χ0) is 27.5. The van der Waals surface area contributed by atoms with E-state index in [4.69, 9.17) is 4.74 Å². The Morgan fingerprint density at radius 1 is 0.846 bits per heavy atom. The van der Waals surface area contributed by atoms with Gasteiger partial charge >= 0.3 is 0 Å². The van der Waals surface area contributed by atoms with Crippen molar-refractivity contribution in [1.82, 2.24) is 0 Å². The highest BCUT2D eigenvalue weighted by molar-refractivity contribution is 7.45. The van der Waals surface area contributed by atoms with Crippen LogP contribution in [0.2, 0.25) is 0 Å². The zero-order valence-electron chi connectivity index (χ0n) is 21.4. The Balaban J connectivity index is 1.35. The molecule has 0 saturated carbocycles. The lowest BCUT2D eigenvalue weighted by Crippen LogP contribution is -2.20. The molecule has 1 aliphatic rings. The molecule has 5 nitrogen and oxygen atoms in total. The second-order valence-electron chi connectivity index (χ2n) is 9.72. The summed E-state index contributed by atoms with van der Waals surface area (Å²) in [6.07, 6.45) is 3.87. The Morgan fingerprint density at radius 2 is 1.49 bits per heavy atom. The number of nitrogens with zero attached hydrogens (tertiary/aromatic N) is 4. The van der Waals surface area contributed by atoms with Gasteiger partial charge in [0.05, 0.1) is 18.8 Å². The minimum absolute atomic E-state index is 0.0627. The first kappa shape index (κ1) is 25.4. The molecule has 0 fully saturated rings. The van der Waals surface area contributed by atoms with E-state index < -0.39 is 5.60 Å². The number of anilines is 1. The molecular weight excluding hydrogens is 561 g/mol. The van der Waals surface area contributed by atoms with E-state index in [0.29, 0.717) is 5.57 Å². The lowest BCUT2D eigenvalue weighted by molar-refractivity contribution is 0.0954. The predicted octanol–water partition coefficient (Wildman–Crippen LogP) is 9.07. The van der Waals surface area contributed by atoms with Gasteiger partial charge in [0, 0.05) is 44.5 Å². The van der Waals surface area contributed by atoms with Crippen molar-refractivity contribution in [2.75, 3.05) is 19.0 Å². The Bertz CT molecular complexity index is 2000. The third kappa shape index (κ3) is 4.14. The van der Waals surface area contributed by atoms with Crippen molar-refractivity contribution in [3.8, 4) is 28.6 Å². The molecule has 0 aliphatic carbocycles. The van der Waals surface area contributed by atoms with Gasteiger partial charge < -0.3 is 9.64 Å². The second-order valence-corrected chi connectivity index (χ2v) is 14.0. The van der Waals surface area contributed by atoms with Crippen molar-refractivity contribution in [2.24, 2.45) is 0 Å². The summed E-state index contributed by atoms with van der Waals surface area (Å²) in [6.45, 7) is 3.67. The first-order valence-electron chi connectivity index (χ1n) is 12.0. The van der Waals surface area contributed by atoms with Crippen LogP contribution < -0.4 is 4.90 Å². The summed E-state index contributed by atoms with van der Waals surface area (Å²) in [5, 5.41) is 28.4. The lowest BCUT2D eigenvalue weighted by atomic mass is 9.94. The number of benzene rings is 1. The third-order valence-electron chi connectivity index (χ3n) is 6.60. The summed E-state index contributed by atoms with van der Waals surface area (Å²) in [7, 11) is 4.10. The minimum Gasteiger partial charge on any atom is -0.480 e. The average molecular weight is 581 g/mol. The smallest absolute Gasteiger partial charge is 0.172 e. The molecule has 5 aromatic rings. The van der Waals surface area contributed by atoms with Crippen LogP contribution in [0.15, 0.2) is 65.0 Å². The summed E-state index contributed by atoms with van der Waals surface area (Å²) < 4.78 is 13.8. The molecular formula is C30H20N4OS4. The first-order chi connectivity index (χ1) is 18.7. The van der Waals surface area contributed by atoms with Crippen LogP contribution in [-0.4, -0.2) is 19.7 Å². The van der Waals surface area contributed by atoms with Crippen LogP contribution in [-0.2, 0) is 4.74 Å². The maximum Gasteiger partial charge on any atom is 0.172 e. The van der Waals surface area contributed by atoms with Gasteiger partial charge in [-0.25, -0.2) is 0 Å². The van der Waals surface area contributed by atoms with Crippen LogP contribution in [0, 0.1) is 34.0 Å². The van der Waals surface area contributed by atoms with Gasteiger partial charge in [0.25, 0.3) is 0 Å². The van der Waals surface area contributed by atoms with Crippen LogP contribution in [0.4, 0.5) is 5.69 Å². The molecule has 0 amide bonds. The minimum atomic E-state index is -0.819. The first-order valence-corrected chi connectivity index (χ1v) is 15.2. The molecule has 0 unspecified atom stereocenters. The van der Waals surface area contributed by atoms with E-state index in [1.54, 1.807) is 11.3 Å². The Labute approximate surface area is 241 Å². The number of hydrogen-bond acceptors (Lipinski definition) is 9. The number of nitriles is 3. The molecule has 6 rings (SSSR count). The van der Waals surface area contributed by atoms with Crippen molar-refractivity contribution in [3.63, 3.8) is 0 Å². The fourth-order valence-electron chi connectivity index (χ4n) is 4.64. The summed E-state index contributed by atoms with van der Waals surface area (Å²) in [6, 6.07) is 19.0. The van der Waals surface area contributed by atoms with Gasteiger partial charge in [-0.15, -0.1) is 45.3 Å². The zero-order valence-corrected chi connectivity index (χ0v) is 24.7. The van der Waals surface area contributed by atoms with E-state index >= 15 is 0 Å². The third-order valence-corrected chi connectivity index (χ3v) is 11.9. The van der Waals surface area contributed by atoms with E-state index in [1.807, 2.05) is 72.1 Å². The monoisotopic (exact) mass is 580 g/mol. The molecule has 4 aromatic heterocycles. The van der Waals surface area contributed by atoms with Crippen molar-refractivity contribution < 1.29 is 4.74 Å². The van der Waals surface area contributed by atoms with E-state index in [1.165, 1.54) is 44.3 Å². The second kappa shape index (κ2) is 9.38. The maximum absolute atomic E-state index is 9.78. The normalized spacial score (nSPS) is 14.7. The number of fused-ring (bicyclic) bond motifs is 5. The standard InChI is InChI=1S/C30H20N4OS4/c1-30(2)21(20(15-33)25(35-30)17(13-31)14-32)10-9-19-11-23-26(36-19)28-29(38-23)27-24(39-28)12-22(37-27)16-5-7-18(8-6-16)34(3)4/h5-12H,1-4H3/b10-9+. The van der Waals surface area contributed by atoms with Gasteiger partial charge in [-0.1, -0.05) is 18.2 Å². The highest BCUT2D eigenvalue weighted by Crippen LogP contribution is 2.51. The fraction of sp³-hybridized carbons (Fsp3) is 0.167. The molecule has 190 valence electrons. The lowest BCUT2D eigenvalue weighted by Gasteiger charge is -2.20. The largest absolute Gasteiger partial charge is 0.480 e. The van der Waals surface area contributed by atoms with Crippen molar-refractivity contribution in [3.05, 3.63) is 69.8 Å². The number of thiophene rings is 4. The van der Waals surface area contributed by atoms with Crippen LogP contribution in [0.25, 0.3) is 44.7 Å². The van der Waals surface area contributed by atoms with Gasteiger partial charge in [-0.05, 0) is 49.8 Å². The highest BCUT2D eigenvalue weighted by Gasteiger charge is 2.38. The summed E-state index contributed by atoms with van der Waals surface area (Å²) in [4.78, 5) is 4.48. The van der Waals surface area contributed by atoms with Crippen LogP contribution >= 0.6 is 45.3 Å². The van der Waals surface area contributed by atoms with Gasteiger partial charge in [0.15, 0.2) is 11.3 Å². The number of ether oxygens (including phenoxy) is 1. The van der Waals surface area contributed by atoms with Crippen LogP contribution in [0.3, 0.4) is 0 Å². The molecule has 1 aromatic carbocycles. The number of allylic oxidation sites excluding steroid dienone is 2. The number of rotatable bonds is 4. The maximum atomic E-state index is 9.78. The molecule has 5 heterocycles. The predicted molar refractivity (Wildman–Crippen MR) is 165 cm³/mol. The quantitative estimate of drug-likeness (QED) is 0.198. The van der Waals surface area contributed by atoms with Gasteiger partial charge in [0.1, 0.15) is 29.4 Å². The molecule has 0 atom stereocenters. The Kier molecular flexibility index (Phi) is 6.10. The van der Waals surface area contributed by atoms with Gasteiger partial charge in [-0.3, -0.25) is 0 Å². The molecule has 9 heteroatoms. The molecule has 1 aliphatic heterocycles. The van der Waals surface area contributed by atoms with Crippen LogP contribution in [0.5, 0.6) is 0 Å². The molecule has 0 spiro atoms. The van der Waals surface area contributed by atoms with Crippen molar-refractivity contribution in [1.29, 1.82) is 15.8 Å². The van der Waals surface area contributed by atoms with Crippen LogP contribution in [0.1, 0.15) is 18.7 Å². The van der Waals surface area contributed by atoms with Gasteiger partial charge in [-0.2, -0.15) is 15.8 Å². The summed E-state index contributed by atoms with van der Waals surface area (Å²) in [5.41, 5.74) is 2.33. The van der Waals surface area contributed by atoms with Crippen molar-refractivity contribution >= 4 is 85.3 Å². The SMILES string of the molecule is CN(C)c1ccc(-c2cc3sc4c5sc(/C=C/C6=C(C#N)C(=C(C#N)C#N)OC6(C)C)cc5sc4c3s2)cc1. The Morgan fingerprint density at radius 3 is 2.10 bits per heavy atom. The number of hydrogen-bond donors (Lipinski definition) is 0. The van der Waals surface area contributed by atoms with E-state index in [-0.39, 0.29) is 16.9 Å². The molecule has 0 saturated heterocycles. The van der Waals surface area contributed by atoms with Crippen molar-refractivity contribution in [2.45, 2.75) is 19.4 Å². The topological polar surface area (TPSA) is 83.8 Å². The summed E-state index contributed by atoms with van der Waals surface area (Å²) >= 11 is 7.27. The van der Waals surface area contributed by atoms with Gasteiger partial charge in [0.2, 0.25) is 0 Å². The molecule has 0 radical (unpaired) electrons. The van der Waals surface area contributed by atoms with E-state index in [2.05, 4.69) is 61.5 Å². The van der Waals surface area contributed by atoms with E-state index in [9.17, 15) is 15.8 Å². The molecule has 0 N–H and O–H groups in total. The molecule has 39 heavy (non-hydrogen) atoms. The summed E-state index contributed by atoms with van der Waals surface area (Å²) in [5.74, 6) is 0.0627. The molecule has 0 bridgehead atoms. The highest BCUT2D eigenvalue weighted by atomic mass is 32.1.